The van der Waals surface area contributed by atoms with E-state index in [1.807, 2.05) is 12.1 Å². The Bertz CT molecular complexity index is 525. The molecule has 5 nitrogen and oxygen atoms in total. The van der Waals surface area contributed by atoms with Crippen LogP contribution < -0.4 is 11.1 Å². The molecule has 134 valence electrons. The highest BCUT2D eigenvalue weighted by molar-refractivity contribution is 5.81. The third-order valence-corrected chi connectivity index (χ3v) is 4.58. The number of nitrogens with two attached hydrogens (primary N) is 1. The van der Waals surface area contributed by atoms with Gasteiger partial charge in [-0.25, -0.2) is 0 Å². The van der Waals surface area contributed by atoms with Crippen LogP contribution in [0.4, 0.5) is 0 Å². The van der Waals surface area contributed by atoms with Crippen molar-refractivity contribution in [2.45, 2.75) is 58.3 Å². The first-order valence-electron chi connectivity index (χ1n) is 8.96. The molecule has 1 aliphatic rings. The average Bonchev–Trinajstić information content (AvgIpc) is 2.55. The van der Waals surface area contributed by atoms with Crippen LogP contribution >= 0.6 is 0 Å². The molecule has 0 radical (unpaired) electrons. The first kappa shape index (κ1) is 18.9. The fraction of sp³-hybridized carbons (Fsp3) is 0.632. The van der Waals surface area contributed by atoms with Crippen LogP contribution in [0.25, 0.3) is 0 Å². The van der Waals surface area contributed by atoms with Crippen molar-refractivity contribution < 1.29 is 9.90 Å². The Kier molecular flexibility index (Phi) is 7.21. The van der Waals surface area contributed by atoms with Crippen molar-refractivity contribution in [3.8, 4) is 0 Å². The van der Waals surface area contributed by atoms with Crippen LogP contribution in [-0.4, -0.2) is 41.1 Å². The number of nitrogens with zero attached hydrogens (tertiary/aromatic N) is 1. The Hall–Kier alpha value is -1.43. The second-order valence-corrected chi connectivity index (χ2v) is 7.23. The fourth-order valence-electron chi connectivity index (χ4n) is 3.13. The Balaban J connectivity index is 1.90. The lowest BCUT2D eigenvalue weighted by Crippen LogP contribution is -2.41. The van der Waals surface area contributed by atoms with E-state index in [1.54, 1.807) is 0 Å². The second-order valence-electron chi connectivity index (χ2n) is 7.23. The van der Waals surface area contributed by atoms with Gasteiger partial charge in [0.15, 0.2) is 0 Å². The molecule has 1 fully saturated rings. The number of aliphatic hydroxyl groups is 1. The standard InChI is InChI=1S/C19H31N3O2/c1-14(2)11-18(20)19(24)21-12-15-5-3-4-6-16(15)13-22-9-7-17(23)8-10-22/h3-6,14,17-18,23H,7-13,20H2,1-2H3,(H,21,24)/t18-/m0/s1. The Morgan fingerprint density at radius 1 is 1.29 bits per heavy atom. The molecule has 1 saturated heterocycles. The molecule has 0 aromatic heterocycles. The van der Waals surface area contributed by atoms with Gasteiger partial charge in [0.25, 0.3) is 0 Å². The normalized spacial score (nSPS) is 17.9. The number of likely N-dealkylation sites (tertiary alicyclic amines) is 1. The number of nitrogens with one attached hydrogen (secondary N) is 1. The second kappa shape index (κ2) is 9.16. The molecule has 1 heterocycles. The maximum Gasteiger partial charge on any atom is 0.237 e. The number of carbonyl (C=O) groups excluding carboxylic acids is 1. The predicted octanol–water partition coefficient (Wildman–Crippen LogP) is 1.63. The number of carbonyl (C=O) groups is 1. The molecule has 1 aromatic rings. The Labute approximate surface area is 145 Å². The van der Waals surface area contributed by atoms with Gasteiger partial charge in [-0.3, -0.25) is 9.69 Å². The smallest absolute Gasteiger partial charge is 0.237 e. The molecular formula is C19H31N3O2. The van der Waals surface area contributed by atoms with E-state index in [2.05, 4.69) is 36.2 Å². The van der Waals surface area contributed by atoms with E-state index in [1.165, 1.54) is 5.56 Å². The number of amides is 1. The van der Waals surface area contributed by atoms with E-state index in [4.69, 9.17) is 5.73 Å². The van der Waals surface area contributed by atoms with Crippen molar-refractivity contribution >= 4 is 5.91 Å². The minimum Gasteiger partial charge on any atom is -0.393 e. The molecule has 1 aliphatic heterocycles. The number of rotatable bonds is 7. The first-order valence-corrected chi connectivity index (χ1v) is 8.96. The van der Waals surface area contributed by atoms with E-state index in [9.17, 15) is 9.90 Å². The van der Waals surface area contributed by atoms with Crippen LogP contribution in [0.1, 0.15) is 44.2 Å². The van der Waals surface area contributed by atoms with Crippen LogP contribution in [0.2, 0.25) is 0 Å². The zero-order valence-electron chi connectivity index (χ0n) is 14.9. The van der Waals surface area contributed by atoms with Gasteiger partial charge in [0, 0.05) is 26.2 Å². The highest BCUT2D eigenvalue weighted by Gasteiger charge is 2.18. The molecule has 1 aromatic carbocycles. The summed E-state index contributed by atoms with van der Waals surface area (Å²) >= 11 is 0. The van der Waals surface area contributed by atoms with Crippen molar-refractivity contribution in [2.24, 2.45) is 11.7 Å². The minimum absolute atomic E-state index is 0.0837. The molecule has 1 amide bonds. The number of benzene rings is 1. The van der Waals surface area contributed by atoms with Crippen molar-refractivity contribution in [3.05, 3.63) is 35.4 Å². The lowest BCUT2D eigenvalue weighted by molar-refractivity contribution is -0.122. The monoisotopic (exact) mass is 333 g/mol. The quantitative estimate of drug-likeness (QED) is 0.709. The number of piperidine rings is 1. The SMILES string of the molecule is CC(C)C[C@H](N)C(=O)NCc1ccccc1CN1CCC(O)CC1. The summed E-state index contributed by atoms with van der Waals surface area (Å²) in [5, 5.41) is 12.6. The molecule has 0 bridgehead atoms. The summed E-state index contributed by atoms with van der Waals surface area (Å²) in [6, 6.07) is 7.76. The predicted molar refractivity (Wildman–Crippen MR) is 96.2 cm³/mol. The zero-order chi connectivity index (χ0) is 17.5. The highest BCUT2D eigenvalue weighted by atomic mass is 16.3. The molecule has 4 N–H and O–H groups in total. The molecule has 5 heteroatoms. The van der Waals surface area contributed by atoms with Crippen LogP contribution in [0.5, 0.6) is 0 Å². The van der Waals surface area contributed by atoms with Gasteiger partial charge in [-0.2, -0.15) is 0 Å². The molecular weight excluding hydrogens is 302 g/mol. The van der Waals surface area contributed by atoms with Crippen LogP contribution in [0.3, 0.4) is 0 Å². The minimum atomic E-state index is -0.444. The fourth-order valence-corrected chi connectivity index (χ4v) is 3.13. The van der Waals surface area contributed by atoms with Gasteiger partial charge in [-0.15, -0.1) is 0 Å². The number of hydrogen-bond acceptors (Lipinski definition) is 4. The van der Waals surface area contributed by atoms with Crippen LogP contribution in [0, 0.1) is 5.92 Å². The molecule has 0 saturated carbocycles. The van der Waals surface area contributed by atoms with E-state index < -0.39 is 6.04 Å². The van der Waals surface area contributed by atoms with Crippen LogP contribution in [-0.2, 0) is 17.9 Å². The van der Waals surface area contributed by atoms with Gasteiger partial charge in [0.05, 0.1) is 12.1 Å². The zero-order valence-corrected chi connectivity index (χ0v) is 14.9. The van der Waals surface area contributed by atoms with E-state index in [0.29, 0.717) is 18.9 Å². The van der Waals surface area contributed by atoms with Gasteiger partial charge in [0.1, 0.15) is 0 Å². The summed E-state index contributed by atoms with van der Waals surface area (Å²) in [6.07, 6.45) is 2.22. The van der Waals surface area contributed by atoms with Crippen molar-refractivity contribution in [1.29, 1.82) is 0 Å². The molecule has 24 heavy (non-hydrogen) atoms. The summed E-state index contributed by atoms with van der Waals surface area (Å²) in [4.78, 5) is 14.5. The Morgan fingerprint density at radius 2 is 1.92 bits per heavy atom. The molecule has 1 atom stereocenters. The first-order chi connectivity index (χ1) is 11.5. The summed E-state index contributed by atoms with van der Waals surface area (Å²) in [6.45, 7) is 7.34. The topological polar surface area (TPSA) is 78.6 Å². The lowest BCUT2D eigenvalue weighted by Gasteiger charge is -2.30. The molecule has 0 unspecified atom stereocenters. The van der Waals surface area contributed by atoms with Crippen molar-refractivity contribution in [2.75, 3.05) is 13.1 Å². The van der Waals surface area contributed by atoms with E-state index in [0.717, 1.165) is 38.0 Å². The summed E-state index contributed by atoms with van der Waals surface area (Å²) in [7, 11) is 0. The molecule has 0 spiro atoms. The van der Waals surface area contributed by atoms with Gasteiger partial charge >= 0.3 is 0 Å². The summed E-state index contributed by atoms with van der Waals surface area (Å²) in [5.74, 6) is 0.326. The summed E-state index contributed by atoms with van der Waals surface area (Å²) in [5.41, 5.74) is 8.30. The van der Waals surface area contributed by atoms with Gasteiger partial charge < -0.3 is 16.2 Å². The third kappa shape index (κ3) is 5.89. The average molecular weight is 333 g/mol. The van der Waals surface area contributed by atoms with Crippen molar-refractivity contribution in [3.63, 3.8) is 0 Å². The number of hydrogen-bond donors (Lipinski definition) is 3. The summed E-state index contributed by atoms with van der Waals surface area (Å²) < 4.78 is 0. The van der Waals surface area contributed by atoms with Gasteiger partial charge in [-0.05, 0) is 36.3 Å². The van der Waals surface area contributed by atoms with E-state index >= 15 is 0 Å². The van der Waals surface area contributed by atoms with Crippen molar-refractivity contribution in [1.82, 2.24) is 10.2 Å². The van der Waals surface area contributed by atoms with Gasteiger partial charge in [0.2, 0.25) is 5.91 Å². The van der Waals surface area contributed by atoms with Gasteiger partial charge in [-0.1, -0.05) is 38.1 Å². The maximum absolute atomic E-state index is 12.1. The van der Waals surface area contributed by atoms with Crippen LogP contribution in [0.15, 0.2) is 24.3 Å². The number of aliphatic hydroxyl groups excluding tert-OH is 1. The molecule has 2 rings (SSSR count). The van der Waals surface area contributed by atoms with E-state index in [-0.39, 0.29) is 12.0 Å². The Morgan fingerprint density at radius 3 is 2.54 bits per heavy atom. The maximum atomic E-state index is 12.1. The largest absolute Gasteiger partial charge is 0.393 e. The lowest BCUT2D eigenvalue weighted by atomic mass is 10.0. The highest BCUT2D eigenvalue weighted by Crippen LogP contribution is 2.16. The molecule has 0 aliphatic carbocycles. The third-order valence-electron chi connectivity index (χ3n) is 4.58.